The molecule has 1 fully saturated rings. The highest BCUT2D eigenvalue weighted by Crippen LogP contribution is 2.31. The lowest BCUT2D eigenvalue weighted by Gasteiger charge is -2.19. The number of phenolic OH excluding ortho intramolecular Hbond substituents is 1. The molecule has 1 aliphatic rings. The van der Waals surface area contributed by atoms with Gasteiger partial charge in [-0.15, -0.1) is 0 Å². The third-order valence-corrected chi connectivity index (χ3v) is 2.93. The van der Waals surface area contributed by atoms with Gasteiger partial charge in [-0.1, -0.05) is 6.07 Å². The van der Waals surface area contributed by atoms with Gasteiger partial charge < -0.3 is 21.3 Å². The first-order valence-electron chi connectivity index (χ1n) is 5.15. The SMILES string of the molecule is Nc1cc(O)ccc1C(O)C1CCNC1. The van der Waals surface area contributed by atoms with Crippen LogP contribution in [-0.2, 0) is 0 Å². The molecule has 1 aliphatic heterocycles. The van der Waals surface area contributed by atoms with E-state index in [0.29, 0.717) is 11.3 Å². The molecule has 0 amide bonds. The summed E-state index contributed by atoms with van der Waals surface area (Å²) in [6.45, 7) is 1.77. The van der Waals surface area contributed by atoms with E-state index in [1.165, 1.54) is 6.07 Å². The third kappa shape index (κ3) is 2.06. The second-order valence-electron chi connectivity index (χ2n) is 4.01. The normalized spacial score (nSPS) is 22.9. The second-order valence-corrected chi connectivity index (χ2v) is 4.01. The average molecular weight is 208 g/mol. The van der Waals surface area contributed by atoms with E-state index in [1.807, 2.05) is 0 Å². The molecule has 4 nitrogen and oxygen atoms in total. The quantitative estimate of drug-likeness (QED) is 0.537. The summed E-state index contributed by atoms with van der Waals surface area (Å²) in [6, 6.07) is 4.71. The maximum Gasteiger partial charge on any atom is 0.117 e. The lowest BCUT2D eigenvalue weighted by Crippen LogP contribution is -2.17. The monoisotopic (exact) mass is 208 g/mol. The fraction of sp³-hybridized carbons (Fsp3) is 0.455. The molecule has 0 aromatic heterocycles. The zero-order valence-corrected chi connectivity index (χ0v) is 8.48. The van der Waals surface area contributed by atoms with Crippen molar-refractivity contribution in [3.63, 3.8) is 0 Å². The van der Waals surface area contributed by atoms with Crippen LogP contribution in [0.25, 0.3) is 0 Å². The molecule has 0 spiro atoms. The number of aliphatic hydroxyl groups is 1. The van der Waals surface area contributed by atoms with Crippen molar-refractivity contribution in [3.05, 3.63) is 23.8 Å². The number of hydrogen-bond donors (Lipinski definition) is 4. The van der Waals surface area contributed by atoms with Crippen molar-refractivity contribution in [2.75, 3.05) is 18.8 Å². The summed E-state index contributed by atoms with van der Waals surface area (Å²) < 4.78 is 0. The Balaban J connectivity index is 2.20. The Morgan fingerprint density at radius 3 is 2.87 bits per heavy atom. The van der Waals surface area contributed by atoms with Crippen molar-refractivity contribution in [2.45, 2.75) is 12.5 Å². The van der Waals surface area contributed by atoms with Crippen LogP contribution < -0.4 is 11.1 Å². The number of nitrogens with two attached hydrogens (primary N) is 1. The smallest absolute Gasteiger partial charge is 0.117 e. The second kappa shape index (κ2) is 4.08. The van der Waals surface area contributed by atoms with E-state index in [4.69, 9.17) is 5.73 Å². The molecule has 2 unspecified atom stereocenters. The average Bonchev–Trinajstić information content (AvgIpc) is 2.69. The molecule has 1 aromatic carbocycles. The molecule has 1 saturated heterocycles. The maximum atomic E-state index is 10.1. The third-order valence-electron chi connectivity index (χ3n) is 2.93. The van der Waals surface area contributed by atoms with Crippen molar-refractivity contribution < 1.29 is 10.2 Å². The molecule has 5 N–H and O–H groups in total. The summed E-state index contributed by atoms with van der Waals surface area (Å²) in [7, 11) is 0. The van der Waals surface area contributed by atoms with E-state index >= 15 is 0 Å². The van der Waals surface area contributed by atoms with Crippen LogP contribution in [0.15, 0.2) is 18.2 Å². The lowest BCUT2D eigenvalue weighted by molar-refractivity contribution is 0.119. The zero-order valence-electron chi connectivity index (χ0n) is 8.48. The number of aliphatic hydroxyl groups excluding tert-OH is 1. The van der Waals surface area contributed by atoms with Crippen LogP contribution >= 0.6 is 0 Å². The molecule has 2 atom stereocenters. The molecule has 0 aliphatic carbocycles. The first-order chi connectivity index (χ1) is 7.18. The van der Waals surface area contributed by atoms with Crippen LogP contribution in [0.2, 0.25) is 0 Å². The summed E-state index contributed by atoms with van der Waals surface area (Å²) in [5.41, 5.74) is 6.91. The molecular weight excluding hydrogens is 192 g/mol. The highest BCUT2D eigenvalue weighted by molar-refractivity contribution is 5.52. The zero-order chi connectivity index (χ0) is 10.8. The molecule has 1 aromatic rings. The van der Waals surface area contributed by atoms with Gasteiger partial charge in [0.15, 0.2) is 0 Å². The lowest BCUT2D eigenvalue weighted by atomic mass is 9.94. The molecule has 0 radical (unpaired) electrons. The first-order valence-corrected chi connectivity index (χ1v) is 5.15. The van der Waals surface area contributed by atoms with Crippen LogP contribution in [0.5, 0.6) is 5.75 Å². The number of benzene rings is 1. The Labute approximate surface area is 88.7 Å². The number of anilines is 1. The van der Waals surface area contributed by atoms with Gasteiger partial charge in [0.2, 0.25) is 0 Å². The van der Waals surface area contributed by atoms with Gasteiger partial charge in [-0.25, -0.2) is 0 Å². The van der Waals surface area contributed by atoms with Crippen LogP contribution in [0.1, 0.15) is 18.1 Å². The maximum absolute atomic E-state index is 10.1. The van der Waals surface area contributed by atoms with Gasteiger partial charge in [-0.05, 0) is 19.0 Å². The van der Waals surface area contributed by atoms with E-state index in [0.717, 1.165) is 19.5 Å². The van der Waals surface area contributed by atoms with Gasteiger partial charge in [-0.2, -0.15) is 0 Å². The standard InChI is InChI=1S/C11H16N2O2/c12-10-5-8(14)1-2-9(10)11(15)7-3-4-13-6-7/h1-2,5,7,11,13-15H,3-4,6,12H2. The Kier molecular flexibility index (Phi) is 2.79. The molecule has 0 bridgehead atoms. The Morgan fingerprint density at radius 2 is 2.27 bits per heavy atom. The number of rotatable bonds is 2. The molecule has 4 heteroatoms. The molecule has 15 heavy (non-hydrogen) atoms. The molecule has 0 saturated carbocycles. The largest absolute Gasteiger partial charge is 0.508 e. The van der Waals surface area contributed by atoms with Crippen molar-refractivity contribution in [3.8, 4) is 5.75 Å². The fourth-order valence-electron chi connectivity index (χ4n) is 2.03. The number of hydrogen-bond acceptors (Lipinski definition) is 4. The van der Waals surface area contributed by atoms with E-state index in [9.17, 15) is 10.2 Å². The van der Waals surface area contributed by atoms with E-state index in [2.05, 4.69) is 5.32 Å². The summed E-state index contributed by atoms with van der Waals surface area (Å²) >= 11 is 0. The van der Waals surface area contributed by atoms with Crippen molar-refractivity contribution >= 4 is 5.69 Å². The van der Waals surface area contributed by atoms with Crippen molar-refractivity contribution in [2.24, 2.45) is 5.92 Å². The van der Waals surface area contributed by atoms with Gasteiger partial charge in [0.25, 0.3) is 0 Å². The van der Waals surface area contributed by atoms with Crippen LogP contribution in [0, 0.1) is 5.92 Å². The number of nitrogen functional groups attached to an aromatic ring is 1. The van der Waals surface area contributed by atoms with Gasteiger partial charge in [0, 0.05) is 29.8 Å². The molecular formula is C11H16N2O2. The number of nitrogens with one attached hydrogen (secondary N) is 1. The molecule has 2 rings (SSSR count). The van der Waals surface area contributed by atoms with E-state index < -0.39 is 6.10 Å². The van der Waals surface area contributed by atoms with E-state index in [1.54, 1.807) is 12.1 Å². The summed E-state index contributed by atoms with van der Waals surface area (Å²) in [5.74, 6) is 0.352. The first kappa shape index (κ1) is 10.3. The predicted octanol–water partition coefficient (Wildman–Crippen LogP) is 0.617. The highest BCUT2D eigenvalue weighted by atomic mass is 16.3. The minimum absolute atomic E-state index is 0.132. The van der Waals surface area contributed by atoms with Crippen LogP contribution in [-0.4, -0.2) is 23.3 Å². The van der Waals surface area contributed by atoms with Crippen molar-refractivity contribution in [1.82, 2.24) is 5.32 Å². The number of phenols is 1. The van der Waals surface area contributed by atoms with Gasteiger partial charge in [0.1, 0.15) is 5.75 Å². The fourth-order valence-corrected chi connectivity index (χ4v) is 2.03. The Hall–Kier alpha value is -1.26. The van der Waals surface area contributed by atoms with Gasteiger partial charge >= 0.3 is 0 Å². The summed E-state index contributed by atoms with van der Waals surface area (Å²) in [6.07, 6.45) is 0.419. The summed E-state index contributed by atoms with van der Waals surface area (Å²) in [4.78, 5) is 0. The number of aromatic hydroxyl groups is 1. The van der Waals surface area contributed by atoms with E-state index in [-0.39, 0.29) is 11.7 Å². The topological polar surface area (TPSA) is 78.5 Å². The highest BCUT2D eigenvalue weighted by Gasteiger charge is 2.25. The Morgan fingerprint density at radius 1 is 1.47 bits per heavy atom. The molecule has 1 heterocycles. The van der Waals surface area contributed by atoms with Gasteiger partial charge in [0.05, 0.1) is 6.10 Å². The predicted molar refractivity (Wildman–Crippen MR) is 58.5 cm³/mol. The summed E-state index contributed by atoms with van der Waals surface area (Å²) in [5, 5.41) is 22.5. The Bertz CT molecular complexity index is 348. The van der Waals surface area contributed by atoms with Crippen LogP contribution in [0.3, 0.4) is 0 Å². The van der Waals surface area contributed by atoms with Gasteiger partial charge in [-0.3, -0.25) is 0 Å². The molecule has 82 valence electrons. The van der Waals surface area contributed by atoms with Crippen molar-refractivity contribution in [1.29, 1.82) is 0 Å². The van der Waals surface area contributed by atoms with Crippen LogP contribution in [0.4, 0.5) is 5.69 Å². The minimum atomic E-state index is -0.541. The minimum Gasteiger partial charge on any atom is -0.508 e.